The Morgan fingerprint density at radius 3 is 2.67 bits per heavy atom. The number of nitrogens with zero attached hydrogens (tertiary/aromatic N) is 1. The average Bonchev–Trinajstić information content (AvgIpc) is 3.11. The van der Waals surface area contributed by atoms with Crippen LogP contribution in [0.1, 0.15) is 37.2 Å². The number of halogens is 3. The van der Waals surface area contributed by atoms with Crippen LogP contribution in [-0.2, 0) is 9.59 Å². The summed E-state index contributed by atoms with van der Waals surface area (Å²) in [6.45, 7) is 0.630. The molecular weight excluding hydrogens is 363 g/mol. The molecule has 8 heteroatoms. The number of hydrogen-bond donors (Lipinski definition) is 1. The zero-order valence-corrected chi connectivity index (χ0v) is 14.5. The van der Waals surface area contributed by atoms with E-state index in [-0.39, 0.29) is 30.0 Å². The summed E-state index contributed by atoms with van der Waals surface area (Å²) in [5.74, 6) is -2.04. The van der Waals surface area contributed by atoms with Crippen molar-refractivity contribution < 1.29 is 32.6 Å². The van der Waals surface area contributed by atoms with Crippen LogP contribution in [0.25, 0.3) is 0 Å². The third-order valence-electron chi connectivity index (χ3n) is 6.26. The number of aliphatic carboxylic acids is 1. The molecule has 2 aliphatic carbocycles. The number of ether oxygens (including phenoxy) is 1. The second-order valence-corrected chi connectivity index (χ2v) is 7.80. The lowest BCUT2D eigenvalue weighted by Gasteiger charge is -2.23. The Morgan fingerprint density at radius 1 is 1.26 bits per heavy atom. The van der Waals surface area contributed by atoms with Crippen LogP contribution in [0.4, 0.5) is 13.2 Å². The largest absolute Gasteiger partial charge is 0.573 e. The zero-order chi connectivity index (χ0) is 19.4. The van der Waals surface area contributed by atoms with Gasteiger partial charge in [-0.3, -0.25) is 9.59 Å². The first-order valence-electron chi connectivity index (χ1n) is 9.08. The standard InChI is InChI=1S/C19H20F3NO4/c20-19(21,22)27-15-6-2-1-5-12(15)13-8-14(13)16(24)23-9-11-4-3-7-18(11,10-23)17(25)26/h1-2,5-6,11,13-14H,3-4,7-10H2,(H,25,26)/t11-,13?,14?,18+/m0/s1. The third-order valence-corrected chi connectivity index (χ3v) is 6.26. The summed E-state index contributed by atoms with van der Waals surface area (Å²) < 4.78 is 41.9. The first kappa shape index (κ1) is 18.1. The first-order valence-corrected chi connectivity index (χ1v) is 9.08. The average molecular weight is 383 g/mol. The molecule has 1 aromatic rings. The van der Waals surface area contributed by atoms with Crippen LogP contribution in [0.2, 0.25) is 0 Å². The molecular formula is C19H20F3NO4. The van der Waals surface area contributed by atoms with Crippen LogP contribution in [-0.4, -0.2) is 41.3 Å². The first-order chi connectivity index (χ1) is 12.7. The summed E-state index contributed by atoms with van der Waals surface area (Å²) in [6.07, 6.45) is -2.10. The highest BCUT2D eigenvalue weighted by atomic mass is 19.4. The maximum absolute atomic E-state index is 12.9. The number of likely N-dealkylation sites (tertiary alicyclic amines) is 1. The summed E-state index contributed by atoms with van der Waals surface area (Å²) in [5.41, 5.74) is -0.474. The third kappa shape index (κ3) is 3.15. The van der Waals surface area contributed by atoms with Crippen molar-refractivity contribution in [2.75, 3.05) is 13.1 Å². The number of rotatable bonds is 4. The molecule has 1 saturated heterocycles. The lowest BCUT2D eigenvalue weighted by atomic mass is 9.81. The van der Waals surface area contributed by atoms with Crippen LogP contribution in [0.3, 0.4) is 0 Å². The highest BCUT2D eigenvalue weighted by Crippen LogP contribution is 2.54. The topological polar surface area (TPSA) is 66.8 Å². The number of alkyl halides is 3. The molecule has 4 rings (SSSR count). The molecule has 4 atom stereocenters. The van der Waals surface area contributed by atoms with E-state index >= 15 is 0 Å². The fourth-order valence-electron chi connectivity index (χ4n) is 4.86. The van der Waals surface area contributed by atoms with Crippen molar-refractivity contribution in [2.45, 2.75) is 38.0 Å². The molecule has 1 aromatic carbocycles. The summed E-state index contributed by atoms with van der Waals surface area (Å²) >= 11 is 0. The number of carbonyl (C=O) groups excluding carboxylic acids is 1. The van der Waals surface area contributed by atoms with E-state index in [1.807, 2.05) is 0 Å². The number of hydrogen-bond acceptors (Lipinski definition) is 3. The van der Waals surface area contributed by atoms with E-state index in [1.54, 1.807) is 17.0 Å². The summed E-state index contributed by atoms with van der Waals surface area (Å²) in [4.78, 5) is 26.2. The van der Waals surface area contributed by atoms with E-state index in [2.05, 4.69) is 4.74 Å². The highest BCUT2D eigenvalue weighted by Gasteiger charge is 2.58. The van der Waals surface area contributed by atoms with Gasteiger partial charge in [0.05, 0.1) is 5.41 Å². The highest BCUT2D eigenvalue weighted by molar-refractivity contribution is 5.85. The minimum atomic E-state index is -4.79. The van der Waals surface area contributed by atoms with Crippen LogP contribution < -0.4 is 4.74 Å². The van der Waals surface area contributed by atoms with Crippen molar-refractivity contribution in [1.29, 1.82) is 0 Å². The molecule has 0 radical (unpaired) electrons. The Morgan fingerprint density at radius 2 is 2.00 bits per heavy atom. The number of fused-ring (bicyclic) bond motifs is 1. The van der Waals surface area contributed by atoms with Crippen molar-refractivity contribution in [3.63, 3.8) is 0 Å². The van der Waals surface area contributed by atoms with Gasteiger partial charge in [-0.25, -0.2) is 0 Å². The number of carbonyl (C=O) groups is 2. The molecule has 5 nitrogen and oxygen atoms in total. The molecule has 2 unspecified atom stereocenters. The molecule has 0 bridgehead atoms. The molecule has 1 N–H and O–H groups in total. The van der Waals surface area contributed by atoms with Crippen molar-refractivity contribution in [1.82, 2.24) is 4.90 Å². The SMILES string of the molecule is O=C(C1CC1c1ccccc1OC(F)(F)F)N1C[C@@H]2CCC[C@@]2(C(=O)O)C1. The van der Waals surface area contributed by atoms with Gasteiger partial charge in [0.15, 0.2) is 0 Å². The van der Waals surface area contributed by atoms with Crippen molar-refractivity contribution >= 4 is 11.9 Å². The van der Waals surface area contributed by atoms with Gasteiger partial charge < -0.3 is 14.7 Å². The predicted octanol–water partition coefficient (Wildman–Crippen LogP) is 3.40. The Kier molecular flexibility index (Phi) is 4.12. The van der Waals surface area contributed by atoms with Crippen LogP contribution in [0, 0.1) is 17.3 Å². The minimum Gasteiger partial charge on any atom is -0.481 e. The molecule has 1 heterocycles. The van der Waals surface area contributed by atoms with Crippen LogP contribution in [0.5, 0.6) is 5.75 Å². The van der Waals surface area contributed by atoms with Crippen molar-refractivity contribution in [2.24, 2.45) is 17.3 Å². The van der Waals surface area contributed by atoms with E-state index in [0.29, 0.717) is 24.9 Å². The molecule has 3 fully saturated rings. The van der Waals surface area contributed by atoms with E-state index in [1.165, 1.54) is 12.1 Å². The van der Waals surface area contributed by atoms with E-state index in [0.717, 1.165) is 12.8 Å². The number of benzene rings is 1. The number of amides is 1. The van der Waals surface area contributed by atoms with Crippen LogP contribution in [0.15, 0.2) is 24.3 Å². The van der Waals surface area contributed by atoms with Gasteiger partial charge >= 0.3 is 12.3 Å². The molecule has 0 spiro atoms. The molecule has 146 valence electrons. The number of para-hydroxylation sites is 1. The normalized spacial score (nSPS) is 32.3. The van der Waals surface area contributed by atoms with Crippen molar-refractivity contribution in [3.05, 3.63) is 29.8 Å². The fourth-order valence-corrected chi connectivity index (χ4v) is 4.86. The molecule has 1 aliphatic heterocycles. The summed E-state index contributed by atoms with van der Waals surface area (Å²) in [5, 5.41) is 9.64. The summed E-state index contributed by atoms with van der Waals surface area (Å²) in [6, 6.07) is 5.89. The quantitative estimate of drug-likeness (QED) is 0.865. The van der Waals surface area contributed by atoms with Gasteiger partial charge in [-0.15, -0.1) is 13.2 Å². The smallest absolute Gasteiger partial charge is 0.481 e. The van der Waals surface area contributed by atoms with Gasteiger partial charge in [0.25, 0.3) is 0 Å². The minimum absolute atomic E-state index is 0.0306. The zero-order valence-electron chi connectivity index (χ0n) is 14.5. The summed E-state index contributed by atoms with van der Waals surface area (Å²) in [7, 11) is 0. The lowest BCUT2D eigenvalue weighted by Crippen LogP contribution is -2.37. The molecule has 3 aliphatic rings. The van der Waals surface area contributed by atoms with Gasteiger partial charge in [0.1, 0.15) is 5.75 Å². The molecule has 2 saturated carbocycles. The fraction of sp³-hybridized carbons (Fsp3) is 0.579. The number of carboxylic acids is 1. The van der Waals surface area contributed by atoms with Gasteiger partial charge in [-0.1, -0.05) is 24.6 Å². The van der Waals surface area contributed by atoms with Gasteiger partial charge in [-0.05, 0) is 42.7 Å². The Labute approximate surface area is 154 Å². The molecule has 1 amide bonds. The monoisotopic (exact) mass is 383 g/mol. The Balaban J connectivity index is 1.47. The van der Waals surface area contributed by atoms with Gasteiger partial charge in [-0.2, -0.15) is 0 Å². The second-order valence-electron chi connectivity index (χ2n) is 7.80. The lowest BCUT2D eigenvalue weighted by molar-refractivity contribution is -0.274. The van der Waals surface area contributed by atoms with E-state index in [4.69, 9.17) is 0 Å². The number of carboxylic acid groups (broad SMARTS) is 1. The van der Waals surface area contributed by atoms with Gasteiger partial charge in [0.2, 0.25) is 5.91 Å². The van der Waals surface area contributed by atoms with E-state index < -0.39 is 23.7 Å². The maximum atomic E-state index is 12.9. The second kappa shape index (κ2) is 6.14. The Hall–Kier alpha value is -2.25. The Bertz CT molecular complexity index is 780. The maximum Gasteiger partial charge on any atom is 0.573 e. The van der Waals surface area contributed by atoms with Crippen molar-refractivity contribution in [3.8, 4) is 5.75 Å². The van der Waals surface area contributed by atoms with Gasteiger partial charge in [0, 0.05) is 19.0 Å². The predicted molar refractivity (Wildman–Crippen MR) is 88.0 cm³/mol. The van der Waals surface area contributed by atoms with Crippen LogP contribution >= 0.6 is 0 Å². The molecule has 0 aromatic heterocycles. The van der Waals surface area contributed by atoms with E-state index in [9.17, 15) is 27.9 Å². The molecule has 27 heavy (non-hydrogen) atoms.